The maximum absolute atomic E-state index is 12.6. The number of nitrogens with zero attached hydrogens (tertiary/aromatic N) is 2. The summed E-state index contributed by atoms with van der Waals surface area (Å²) in [4.78, 5) is 44.0. The minimum Gasteiger partial charge on any atom is -0.355 e. The van der Waals surface area contributed by atoms with Gasteiger partial charge in [-0.25, -0.2) is 4.98 Å². The van der Waals surface area contributed by atoms with Crippen LogP contribution in [0.5, 0.6) is 0 Å². The summed E-state index contributed by atoms with van der Waals surface area (Å²) in [6, 6.07) is 4.80. The number of aromatic nitrogens is 3. The van der Waals surface area contributed by atoms with Crippen molar-refractivity contribution in [3.63, 3.8) is 0 Å². The predicted octanol–water partition coefficient (Wildman–Crippen LogP) is 3.08. The van der Waals surface area contributed by atoms with E-state index < -0.39 is 0 Å². The van der Waals surface area contributed by atoms with Gasteiger partial charge in [-0.05, 0) is 44.5 Å². The Morgan fingerprint density at radius 1 is 1.28 bits per heavy atom. The second kappa shape index (κ2) is 6.29. The third-order valence-corrected chi connectivity index (χ3v) is 4.40. The molecule has 1 N–H and O–H groups in total. The van der Waals surface area contributed by atoms with Crippen molar-refractivity contribution in [1.82, 2.24) is 14.5 Å². The van der Waals surface area contributed by atoms with Gasteiger partial charge >= 0.3 is 0 Å². The first kappa shape index (κ1) is 17.1. The van der Waals surface area contributed by atoms with Crippen LogP contribution in [0.3, 0.4) is 0 Å². The summed E-state index contributed by atoms with van der Waals surface area (Å²) in [5.41, 5.74) is 2.26. The van der Waals surface area contributed by atoms with Gasteiger partial charge in [0.05, 0.1) is 29.5 Å². The number of halogens is 1. The topological polar surface area (TPSA) is 84.8 Å². The van der Waals surface area contributed by atoms with Crippen LogP contribution in [0.4, 0.5) is 0 Å². The number of Topliss-reactive ketones (excluding diaryl/α,β-unsaturated/α-hetero) is 2. The molecule has 0 saturated heterocycles. The van der Waals surface area contributed by atoms with Crippen LogP contribution in [-0.4, -0.2) is 26.1 Å². The molecule has 0 aliphatic carbocycles. The zero-order valence-electron chi connectivity index (χ0n) is 14.0. The Balaban J connectivity index is 1.99. The third kappa shape index (κ3) is 3.00. The summed E-state index contributed by atoms with van der Waals surface area (Å²) in [5.74, 6) is -0.392. The molecule has 2 aromatic heterocycles. The average molecular weight is 358 g/mol. The maximum atomic E-state index is 12.6. The molecule has 0 aliphatic rings. The molecule has 2 heterocycles. The van der Waals surface area contributed by atoms with Crippen LogP contribution in [0.2, 0.25) is 5.02 Å². The van der Waals surface area contributed by atoms with Crippen molar-refractivity contribution in [3.05, 3.63) is 62.4 Å². The number of hydrogen-bond donors (Lipinski definition) is 1. The van der Waals surface area contributed by atoms with Crippen molar-refractivity contribution in [2.45, 2.75) is 27.3 Å². The van der Waals surface area contributed by atoms with E-state index in [0.29, 0.717) is 38.4 Å². The zero-order valence-corrected chi connectivity index (χ0v) is 14.8. The van der Waals surface area contributed by atoms with Crippen molar-refractivity contribution in [2.75, 3.05) is 0 Å². The standard InChI is InChI=1S/C18H16ClN3O3/c1-9-16(11(3)23)10(2)21-17(9)15(24)7-22-8-20-14-6-12(19)4-5-13(14)18(22)25/h4-6,8,21H,7H2,1-3H3. The minimum absolute atomic E-state index is 0.105. The van der Waals surface area contributed by atoms with Crippen LogP contribution in [0, 0.1) is 13.8 Å². The first-order valence-corrected chi connectivity index (χ1v) is 8.05. The Morgan fingerprint density at radius 2 is 2.00 bits per heavy atom. The minimum atomic E-state index is -0.317. The fraction of sp³-hybridized carbons (Fsp3) is 0.222. The van der Waals surface area contributed by atoms with E-state index in [1.54, 1.807) is 32.0 Å². The largest absolute Gasteiger partial charge is 0.355 e. The summed E-state index contributed by atoms with van der Waals surface area (Å²) in [6.07, 6.45) is 1.33. The van der Waals surface area contributed by atoms with Gasteiger partial charge in [0.25, 0.3) is 5.56 Å². The number of fused-ring (bicyclic) bond motifs is 1. The Bertz CT molecular complexity index is 1080. The molecule has 0 spiro atoms. The van der Waals surface area contributed by atoms with E-state index >= 15 is 0 Å². The molecule has 0 saturated carbocycles. The van der Waals surface area contributed by atoms with Crippen LogP contribution < -0.4 is 5.56 Å². The van der Waals surface area contributed by atoms with Crippen molar-refractivity contribution in [3.8, 4) is 0 Å². The van der Waals surface area contributed by atoms with Gasteiger partial charge in [-0.1, -0.05) is 11.6 Å². The van der Waals surface area contributed by atoms with Gasteiger partial charge in [-0.3, -0.25) is 19.0 Å². The van der Waals surface area contributed by atoms with Gasteiger partial charge in [0.2, 0.25) is 0 Å². The number of hydrogen-bond acceptors (Lipinski definition) is 4. The lowest BCUT2D eigenvalue weighted by molar-refractivity contribution is 0.0965. The molecular weight excluding hydrogens is 342 g/mol. The van der Waals surface area contributed by atoms with Crippen molar-refractivity contribution in [2.24, 2.45) is 0 Å². The first-order valence-electron chi connectivity index (χ1n) is 7.67. The fourth-order valence-corrected chi connectivity index (χ4v) is 3.20. The van der Waals surface area contributed by atoms with Crippen LogP contribution in [0.25, 0.3) is 10.9 Å². The van der Waals surface area contributed by atoms with E-state index in [1.165, 1.54) is 17.8 Å². The highest BCUT2D eigenvalue weighted by molar-refractivity contribution is 6.31. The highest BCUT2D eigenvalue weighted by Crippen LogP contribution is 2.19. The first-order chi connectivity index (χ1) is 11.8. The molecule has 3 aromatic rings. The smallest absolute Gasteiger partial charge is 0.261 e. The summed E-state index contributed by atoms with van der Waals surface area (Å²) in [5, 5.41) is 0.881. The van der Waals surface area contributed by atoms with Gasteiger partial charge in [0, 0.05) is 16.3 Å². The number of aryl methyl sites for hydroxylation is 1. The molecule has 0 radical (unpaired) electrons. The van der Waals surface area contributed by atoms with E-state index in [2.05, 4.69) is 9.97 Å². The lowest BCUT2D eigenvalue weighted by Crippen LogP contribution is -2.25. The van der Waals surface area contributed by atoms with E-state index in [0.717, 1.165) is 0 Å². The number of carbonyl (C=O) groups excluding carboxylic acids is 2. The highest BCUT2D eigenvalue weighted by Gasteiger charge is 2.20. The van der Waals surface area contributed by atoms with Gasteiger partial charge in [0.1, 0.15) is 0 Å². The monoisotopic (exact) mass is 357 g/mol. The van der Waals surface area contributed by atoms with E-state index in [1.807, 2.05) is 0 Å². The number of aromatic amines is 1. The summed E-state index contributed by atoms with van der Waals surface area (Å²) in [6.45, 7) is 4.76. The van der Waals surface area contributed by atoms with Gasteiger partial charge in [-0.15, -0.1) is 0 Å². The number of H-pyrrole nitrogens is 1. The third-order valence-electron chi connectivity index (χ3n) is 4.17. The zero-order chi connectivity index (χ0) is 18.3. The molecule has 0 atom stereocenters. The molecule has 0 amide bonds. The second-order valence-electron chi connectivity index (χ2n) is 5.94. The van der Waals surface area contributed by atoms with Crippen LogP contribution >= 0.6 is 11.6 Å². The molecular formula is C18H16ClN3O3. The lowest BCUT2D eigenvalue weighted by atomic mass is 10.1. The summed E-state index contributed by atoms with van der Waals surface area (Å²) in [7, 11) is 0. The SMILES string of the molecule is CC(=O)c1c(C)[nH]c(C(=O)Cn2cnc3cc(Cl)ccc3c2=O)c1C. The molecule has 128 valence electrons. The number of rotatable bonds is 4. The van der Waals surface area contributed by atoms with Gasteiger partial charge in [-0.2, -0.15) is 0 Å². The predicted molar refractivity (Wildman–Crippen MR) is 95.6 cm³/mol. The normalized spacial score (nSPS) is 11.0. The highest BCUT2D eigenvalue weighted by atomic mass is 35.5. The Hall–Kier alpha value is -2.73. The van der Waals surface area contributed by atoms with Crippen molar-refractivity contribution < 1.29 is 9.59 Å². The second-order valence-corrected chi connectivity index (χ2v) is 6.38. The van der Waals surface area contributed by atoms with Gasteiger partial charge in [0.15, 0.2) is 11.6 Å². The molecule has 3 rings (SSSR count). The van der Waals surface area contributed by atoms with Crippen LogP contribution in [-0.2, 0) is 6.54 Å². The van der Waals surface area contributed by atoms with E-state index in [-0.39, 0.29) is 23.7 Å². The Kier molecular flexibility index (Phi) is 4.30. The molecule has 6 nitrogen and oxygen atoms in total. The summed E-state index contributed by atoms with van der Waals surface area (Å²) >= 11 is 5.90. The Labute approximate surface area is 148 Å². The fourth-order valence-electron chi connectivity index (χ4n) is 3.03. The number of ketones is 2. The molecule has 1 aromatic carbocycles. The van der Waals surface area contributed by atoms with E-state index in [9.17, 15) is 14.4 Å². The molecule has 0 fully saturated rings. The van der Waals surface area contributed by atoms with Crippen molar-refractivity contribution >= 4 is 34.1 Å². The number of carbonyl (C=O) groups is 2. The molecule has 7 heteroatoms. The quantitative estimate of drug-likeness (QED) is 0.727. The average Bonchev–Trinajstić information content (AvgIpc) is 2.84. The number of nitrogens with one attached hydrogen (secondary N) is 1. The Morgan fingerprint density at radius 3 is 2.64 bits per heavy atom. The number of benzene rings is 1. The molecule has 25 heavy (non-hydrogen) atoms. The lowest BCUT2D eigenvalue weighted by Gasteiger charge is -2.06. The van der Waals surface area contributed by atoms with Gasteiger partial charge < -0.3 is 4.98 Å². The van der Waals surface area contributed by atoms with Crippen LogP contribution in [0.15, 0.2) is 29.3 Å². The maximum Gasteiger partial charge on any atom is 0.261 e. The molecule has 0 aliphatic heterocycles. The summed E-state index contributed by atoms with van der Waals surface area (Å²) < 4.78 is 1.25. The van der Waals surface area contributed by atoms with Crippen LogP contribution in [0.1, 0.15) is 39.0 Å². The molecule has 0 bridgehead atoms. The molecule has 0 unspecified atom stereocenters. The van der Waals surface area contributed by atoms with E-state index in [4.69, 9.17) is 11.6 Å². The van der Waals surface area contributed by atoms with Crippen molar-refractivity contribution in [1.29, 1.82) is 0 Å².